The van der Waals surface area contributed by atoms with Crippen LogP contribution in [0.5, 0.6) is 0 Å². The Kier molecular flexibility index (Phi) is 5.99. The third kappa shape index (κ3) is 4.03. The van der Waals surface area contributed by atoms with Gasteiger partial charge in [0.1, 0.15) is 0 Å². The Labute approximate surface area is 186 Å². The largest absolute Gasteiger partial charge is 0.325 e. The first-order valence-corrected chi connectivity index (χ1v) is 11.0. The molecule has 1 N–H and O–H groups in total. The van der Waals surface area contributed by atoms with Crippen LogP contribution in [0.1, 0.15) is 13.3 Å². The lowest BCUT2D eigenvalue weighted by Gasteiger charge is -2.11. The number of carbonyl (C=O) groups excluding carboxylic acids is 1. The summed E-state index contributed by atoms with van der Waals surface area (Å²) in [4.78, 5) is 25.3. The molecule has 0 saturated heterocycles. The van der Waals surface area contributed by atoms with Crippen molar-refractivity contribution in [3.63, 3.8) is 0 Å². The van der Waals surface area contributed by atoms with E-state index in [9.17, 15) is 9.59 Å². The fourth-order valence-corrected chi connectivity index (χ4v) is 4.27. The lowest BCUT2D eigenvalue weighted by Crippen LogP contribution is -2.23. The van der Waals surface area contributed by atoms with Crippen molar-refractivity contribution in [2.45, 2.75) is 25.0 Å². The van der Waals surface area contributed by atoms with E-state index in [1.807, 2.05) is 6.92 Å². The molecule has 0 bridgehead atoms. The highest BCUT2D eigenvalue weighted by Crippen LogP contribution is 2.24. The van der Waals surface area contributed by atoms with Crippen LogP contribution in [0.2, 0.25) is 10.0 Å². The molecule has 7 nitrogen and oxygen atoms in total. The van der Waals surface area contributed by atoms with Crippen molar-refractivity contribution in [3.05, 3.63) is 62.9 Å². The number of rotatable bonds is 6. The first-order valence-electron chi connectivity index (χ1n) is 9.23. The molecular formula is C20H17Cl2N5O2S. The highest BCUT2D eigenvalue weighted by molar-refractivity contribution is 7.99. The van der Waals surface area contributed by atoms with E-state index < -0.39 is 0 Å². The number of hydrogen-bond acceptors (Lipinski definition) is 5. The maximum absolute atomic E-state index is 12.9. The summed E-state index contributed by atoms with van der Waals surface area (Å²) in [6.45, 7) is 2.49. The molecule has 10 heteroatoms. The van der Waals surface area contributed by atoms with Crippen LogP contribution in [0, 0.1) is 0 Å². The molecule has 2 aromatic carbocycles. The first kappa shape index (κ1) is 20.7. The number of amides is 1. The van der Waals surface area contributed by atoms with Crippen LogP contribution in [-0.4, -0.2) is 30.8 Å². The molecule has 0 fully saturated rings. The maximum atomic E-state index is 12.9. The van der Waals surface area contributed by atoms with Crippen molar-refractivity contribution in [2.75, 3.05) is 11.1 Å². The summed E-state index contributed by atoms with van der Waals surface area (Å²) in [6.07, 6.45) is 0.763. The van der Waals surface area contributed by atoms with Gasteiger partial charge in [-0.25, -0.2) is 0 Å². The van der Waals surface area contributed by atoms with Crippen LogP contribution in [0.4, 0.5) is 5.69 Å². The minimum Gasteiger partial charge on any atom is -0.325 e. The van der Waals surface area contributed by atoms with Crippen molar-refractivity contribution < 1.29 is 4.79 Å². The summed E-state index contributed by atoms with van der Waals surface area (Å²) in [5, 5.41) is 13.3. The molecule has 2 heterocycles. The number of halogens is 2. The zero-order valence-electron chi connectivity index (χ0n) is 15.9. The van der Waals surface area contributed by atoms with Gasteiger partial charge in [0.05, 0.1) is 16.7 Å². The quantitative estimate of drug-likeness (QED) is 0.427. The van der Waals surface area contributed by atoms with Gasteiger partial charge in [-0.05, 0) is 42.8 Å². The van der Waals surface area contributed by atoms with Gasteiger partial charge in [0.25, 0.3) is 5.56 Å². The monoisotopic (exact) mass is 461 g/mol. The average molecular weight is 462 g/mol. The number of fused-ring (bicyclic) bond motifs is 3. The average Bonchev–Trinajstić information content (AvgIpc) is 3.13. The van der Waals surface area contributed by atoms with Crippen molar-refractivity contribution in [3.8, 4) is 0 Å². The van der Waals surface area contributed by atoms with E-state index in [0.29, 0.717) is 44.1 Å². The second-order valence-corrected chi connectivity index (χ2v) is 8.40. The van der Waals surface area contributed by atoms with Crippen LogP contribution in [-0.2, 0) is 11.3 Å². The topological polar surface area (TPSA) is 81.3 Å². The summed E-state index contributed by atoms with van der Waals surface area (Å²) in [5.41, 5.74) is 1.11. The summed E-state index contributed by atoms with van der Waals surface area (Å²) in [7, 11) is 0. The Hall–Kier alpha value is -2.55. The molecule has 0 aliphatic carbocycles. The molecule has 30 heavy (non-hydrogen) atoms. The first-order chi connectivity index (χ1) is 14.5. The molecule has 0 spiro atoms. The predicted octanol–water partition coefficient (Wildman–Crippen LogP) is 4.49. The zero-order chi connectivity index (χ0) is 21.3. The Morgan fingerprint density at radius 3 is 2.70 bits per heavy atom. The van der Waals surface area contributed by atoms with Crippen LogP contribution < -0.4 is 10.9 Å². The molecule has 0 unspecified atom stereocenters. The van der Waals surface area contributed by atoms with Gasteiger partial charge in [0, 0.05) is 22.3 Å². The number of anilines is 1. The number of aryl methyl sites for hydroxylation is 1. The highest BCUT2D eigenvalue weighted by atomic mass is 35.5. The zero-order valence-corrected chi connectivity index (χ0v) is 18.3. The number of nitrogens with one attached hydrogen (secondary N) is 1. The van der Waals surface area contributed by atoms with E-state index >= 15 is 0 Å². The number of thioether (sulfide) groups is 1. The molecule has 0 radical (unpaired) electrons. The molecule has 0 aliphatic heterocycles. The minimum absolute atomic E-state index is 0.120. The lowest BCUT2D eigenvalue weighted by atomic mass is 10.2. The van der Waals surface area contributed by atoms with Gasteiger partial charge in [-0.15, -0.1) is 10.2 Å². The molecule has 0 atom stereocenters. The SMILES string of the molecule is CCCn1c(=O)c2cc(Cl)ccc2n2c(SCC(=O)Nc3cccc(Cl)c3)nnc12. The number of hydrogen-bond donors (Lipinski definition) is 1. The third-order valence-corrected chi connectivity index (χ3v) is 5.82. The summed E-state index contributed by atoms with van der Waals surface area (Å²) < 4.78 is 3.38. The van der Waals surface area contributed by atoms with Gasteiger partial charge in [-0.3, -0.25) is 18.6 Å². The van der Waals surface area contributed by atoms with Crippen LogP contribution in [0.15, 0.2) is 52.4 Å². The van der Waals surface area contributed by atoms with E-state index in [-0.39, 0.29) is 17.2 Å². The van der Waals surface area contributed by atoms with Crippen LogP contribution in [0.3, 0.4) is 0 Å². The molecule has 4 rings (SSSR count). The minimum atomic E-state index is -0.201. The lowest BCUT2D eigenvalue weighted by molar-refractivity contribution is -0.113. The Bertz CT molecular complexity index is 1320. The maximum Gasteiger partial charge on any atom is 0.262 e. The molecular weight excluding hydrogens is 445 g/mol. The van der Waals surface area contributed by atoms with Gasteiger partial charge >= 0.3 is 0 Å². The van der Waals surface area contributed by atoms with Crippen molar-refractivity contribution in [1.82, 2.24) is 19.2 Å². The molecule has 0 aliphatic rings. The summed E-state index contributed by atoms with van der Waals surface area (Å²) >= 11 is 13.3. The second-order valence-electron chi connectivity index (χ2n) is 6.58. The van der Waals surface area contributed by atoms with Gasteiger partial charge < -0.3 is 5.32 Å². The number of benzene rings is 2. The van der Waals surface area contributed by atoms with E-state index in [0.717, 1.165) is 6.42 Å². The third-order valence-electron chi connectivity index (χ3n) is 4.42. The Morgan fingerprint density at radius 1 is 1.13 bits per heavy atom. The summed E-state index contributed by atoms with van der Waals surface area (Å²) in [6, 6.07) is 12.1. The molecule has 1 amide bonds. The van der Waals surface area contributed by atoms with Gasteiger partial charge in [-0.1, -0.05) is 48.0 Å². The van der Waals surface area contributed by atoms with E-state index in [1.165, 1.54) is 11.8 Å². The molecule has 2 aromatic heterocycles. The van der Waals surface area contributed by atoms with E-state index in [1.54, 1.807) is 51.4 Å². The molecule has 0 saturated carbocycles. The molecule has 4 aromatic rings. The fourth-order valence-electron chi connectivity index (χ4n) is 3.17. The van der Waals surface area contributed by atoms with Crippen molar-refractivity contribution in [2.24, 2.45) is 0 Å². The highest BCUT2D eigenvalue weighted by Gasteiger charge is 2.17. The Morgan fingerprint density at radius 2 is 1.93 bits per heavy atom. The fraction of sp³-hybridized carbons (Fsp3) is 0.200. The van der Waals surface area contributed by atoms with Crippen molar-refractivity contribution in [1.29, 1.82) is 0 Å². The number of nitrogens with zero attached hydrogens (tertiary/aromatic N) is 4. The van der Waals surface area contributed by atoms with Crippen LogP contribution in [0.25, 0.3) is 16.7 Å². The van der Waals surface area contributed by atoms with E-state index in [2.05, 4.69) is 15.5 Å². The number of aromatic nitrogens is 4. The second kappa shape index (κ2) is 8.67. The van der Waals surface area contributed by atoms with Crippen LogP contribution >= 0.6 is 35.0 Å². The summed E-state index contributed by atoms with van der Waals surface area (Å²) in [5.74, 6) is 0.359. The molecule has 154 valence electrons. The Balaban J connectivity index is 1.69. The van der Waals surface area contributed by atoms with Gasteiger partial charge in [-0.2, -0.15) is 0 Å². The van der Waals surface area contributed by atoms with Gasteiger partial charge in [0.2, 0.25) is 11.7 Å². The van der Waals surface area contributed by atoms with Gasteiger partial charge in [0.15, 0.2) is 5.16 Å². The number of carbonyl (C=O) groups is 1. The standard InChI is InChI=1S/C20H17Cl2N5O2S/c1-2-8-26-18(29)15-10-13(22)6-7-16(15)27-19(26)24-25-20(27)30-11-17(28)23-14-5-3-4-12(21)9-14/h3-7,9-10H,2,8,11H2,1H3,(H,23,28). The van der Waals surface area contributed by atoms with E-state index in [4.69, 9.17) is 23.2 Å². The normalized spacial score (nSPS) is 11.3. The predicted molar refractivity (Wildman–Crippen MR) is 121 cm³/mol. The smallest absolute Gasteiger partial charge is 0.262 e. The van der Waals surface area contributed by atoms with Crippen molar-refractivity contribution >= 4 is 63.2 Å².